The monoisotopic (exact) mass is 1100 g/mol. The van der Waals surface area contributed by atoms with E-state index in [0.29, 0.717) is 19.3 Å². The molecule has 450 valence electrons. The quantitative estimate of drug-likeness (QED) is 0.0261. The van der Waals surface area contributed by atoms with Crippen LogP contribution in [0.4, 0.5) is 0 Å². The summed E-state index contributed by atoms with van der Waals surface area (Å²) in [5, 5.41) is 0. The molecule has 0 radical (unpaired) electrons. The molecule has 0 rings (SSSR count). The fourth-order valence-electron chi connectivity index (χ4n) is 8.44. The lowest BCUT2D eigenvalue weighted by Crippen LogP contribution is -2.30. The molecule has 80 heavy (non-hydrogen) atoms. The molecule has 6 heteroatoms. The summed E-state index contributed by atoms with van der Waals surface area (Å²) in [6.07, 6.45) is 96.7. The van der Waals surface area contributed by atoms with Gasteiger partial charge in [0, 0.05) is 19.3 Å². The van der Waals surface area contributed by atoms with Crippen molar-refractivity contribution in [3.8, 4) is 0 Å². The Morgan fingerprint density at radius 2 is 0.487 bits per heavy atom. The second kappa shape index (κ2) is 66.5. The highest BCUT2D eigenvalue weighted by atomic mass is 16.6. The van der Waals surface area contributed by atoms with Gasteiger partial charge in [0.05, 0.1) is 0 Å². The standard InChI is InChI=1S/C74H118O6/c1-4-7-10-13-16-19-22-25-28-31-33-35-36-37-38-40-41-43-46-49-52-55-58-61-64-67-73(76)79-70-71(69-78-72(75)66-63-60-57-54-51-48-45-30-27-24-21-18-15-12-9-6-3)80-74(77)68-65-62-59-56-53-50-47-44-42-39-34-32-29-26-23-20-17-14-11-8-5-2/h7-8,10-11,16-17,19-20,25-26,28-30,33-35,37-39,41,43-45,47,53,56,71H,4-6,9,12-15,18,21-24,27,31-32,36,40,42,46,48-52,54-55,57-70H2,1-3H3/b10-7-,11-8-,19-16-,20-17-,28-25-,29-26-,35-33-,38-37-,39-34-,43-41-,45-30-,47-44-,56-53-. The highest BCUT2D eigenvalue weighted by Gasteiger charge is 2.19. The van der Waals surface area contributed by atoms with Crippen LogP contribution in [0.25, 0.3) is 0 Å². The van der Waals surface area contributed by atoms with Crippen molar-refractivity contribution < 1.29 is 28.6 Å². The van der Waals surface area contributed by atoms with E-state index in [-0.39, 0.29) is 37.5 Å². The molecule has 0 spiro atoms. The Labute approximate surface area is 492 Å². The van der Waals surface area contributed by atoms with Gasteiger partial charge in [-0.15, -0.1) is 0 Å². The first-order valence-corrected chi connectivity index (χ1v) is 32.5. The third-order valence-electron chi connectivity index (χ3n) is 13.2. The summed E-state index contributed by atoms with van der Waals surface area (Å²) < 4.78 is 16.9. The van der Waals surface area contributed by atoms with Crippen LogP contribution >= 0.6 is 0 Å². The second-order valence-corrected chi connectivity index (χ2v) is 20.9. The molecule has 0 bridgehead atoms. The van der Waals surface area contributed by atoms with Gasteiger partial charge in [0.15, 0.2) is 6.10 Å². The lowest BCUT2D eigenvalue weighted by atomic mass is 10.1. The molecule has 0 N–H and O–H groups in total. The lowest BCUT2D eigenvalue weighted by Gasteiger charge is -2.18. The molecule has 6 nitrogen and oxygen atoms in total. The summed E-state index contributed by atoms with van der Waals surface area (Å²) in [5.41, 5.74) is 0. The predicted molar refractivity (Wildman–Crippen MR) is 348 cm³/mol. The van der Waals surface area contributed by atoms with Crippen LogP contribution in [-0.4, -0.2) is 37.2 Å². The molecule has 0 aliphatic carbocycles. The van der Waals surface area contributed by atoms with Crippen molar-refractivity contribution in [2.45, 2.75) is 277 Å². The van der Waals surface area contributed by atoms with Gasteiger partial charge < -0.3 is 14.2 Å². The van der Waals surface area contributed by atoms with Gasteiger partial charge in [-0.3, -0.25) is 14.4 Å². The number of ether oxygens (including phenoxy) is 3. The minimum atomic E-state index is -0.821. The first-order valence-electron chi connectivity index (χ1n) is 32.5. The van der Waals surface area contributed by atoms with Gasteiger partial charge in [-0.2, -0.15) is 0 Å². The smallest absolute Gasteiger partial charge is 0.306 e. The first kappa shape index (κ1) is 75.0. The van der Waals surface area contributed by atoms with E-state index < -0.39 is 6.10 Å². The molecule has 0 aromatic rings. The van der Waals surface area contributed by atoms with Gasteiger partial charge >= 0.3 is 17.9 Å². The molecule has 0 saturated carbocycles. The predicted octanol–water partition coefficient (Wildman–Crippen LogP) is 22.5. The third-order valence-corrected chi connectivity index (χ3v) is 13.2. The van der Waals surface area contributed by atoms with Gasteiger partial charge in [-0.05, 0) is 148 Å². The Bertz CT molecular complexity index is 1790. The van der Waals surface area contributed by atoms with E-state index in [1.54, 1.807) is 0 Å². The van der Waals surface area contributed by atoms with Crippen LogP contribution in [0.3, 0.4) is 0 Å². The number of esters is 3. The summed E-state index contributed by atoms with van der Waals surface area (Å²) >= 11 is 0. The molecule has 1 atom stereocenters. The number of unbranched alkanes of at least 4 members (excludes halogenated alkanes) is 20. The molecule has 0 fully saturated rings. The van der Waals surface area contributed by atoms with Gasteiger partial charge in [0.1, 0.15) is 13.2 Å². The number of allylic oxidation sites excluding steroid dienone is 26. The largest absolute Gasteiger partial charge is 0.462 e. The van der Waals surface area contributed by atoms with E-state index in [9.17, 15) is 14.4 Å². The average molecular weight is 1100 g/mol. The SMILES string of the molecule is CC/C=C\C/C=C\C/C=C\C/C=C\C/C=C\C/C=C\CCCCCCCCC(=O)OCC(COC(=O)CCCCCCC/C=C\CCCCCCCCC)OC(=O)CCCC/C=C\C/C=C\C/C=C\C/C=C\C/C=C\C/C=C\CC. The van der Waals surface area contributed by atoms with Crippen molar-refractivity contribution in [3.63, 3.8) is 0 Å². The van der Waals surface area contributed by atoms with E-state index in [1.807, 2.05) is 0 Å². The molecule has 0 aliphatic heterocycles. The van der Waals surface area contributed by atoms with E-state index in [4.69, 9.17) is 14.2 Å². The number of hydrogen-bond donors (Lipinski definition) is 0. The molecule has 1 unspecified atom stereocenters. The van der Waals surface area contributed by atoms with Crippen molar-refractivity contribution >= 4 is 17.9 Å². The Hall–Kier alpha value is -4.97. The number of rotatable bonds is 57. The maximum absolute atomic E-state index is 12.9. The molecular weight excluding hydrogens is 985 g/mol. The minimum absolute atomic E-state index is 0.111. The van der Waals surface area contributed by atoms with Gasteiger partial charge in [-0.25, -0.2) is 0 Å². The maximum Gasteiger partial charge on any atom is 0.306 e. The fraction of sp³-hybridized carbons (Fsp3) is 0.608. The highest BCUT2D eigenvalue weighted by Crippen LogP contribution is 2.14. The summed E-state index contributed by atoms with van der Waals surface area (Å²) in [4.78, 5) is 38.4. The molecule has 0 amide bonds. The number of carbonyl (C=O) groups excluding carboxylic acids is 3. The Morgan fingerprint density at radius 3 is 0.800 bits per heavy atom. The van der Waals surface area contributed by atoms with E-state index in [2.05, 4.69) is 179 Å². The van der Waals surface area contributed by atoms with Crippen LogP contribution in [0.1, 0.15) is 271 Å². The molecule has 0 saturated heterocycles. The van der Waals surface area contributed by atoms with Crippen LogP contribution in [0.5, 0.6) is 0 Å². The highest BCUT2D eigenvalue weighted by molar-refractivity contribution is 5.71. The Balaban J connectivity index is 4.52. The van der Waals surface area contributed by atoms with Gasteiger partial charge in [0.2, 0.25) is 0 Å². The van der Waals surface area contributed by atoms with Crippen molar-refractivity contribution in [2.75, 3.05) is 13.2 Å². The molecule has 0 heterocycles. The van der Waals surface area contributed by atoms with Crippen molar-refractivity contribution in [2.24, 2.45) is 0 Å². The Morgan fingerprint density at radius 1 is 0.263 bits per heavy atom. The van der Waals surface area contributed by atoms with Gasteiger partial charge in [-0.1, -0.05) is 262 Å². The van der Waals surface area contributed by atoms with Crippen LogP contribution in [-0.2, 0) is 28.6 Å². The minimum Gasteiger partial charge on any atom is -0.462 e. The van der Waals surface area contributed by atoms with Crippen LogP contribution in [0.15, 0.2) is 158 Å². The van der Waals surface area contributed by atoms with E-state index in [1.165, 1.54) is 70.6 Å². The lowest BCUT2D eigenvalue weighted by molar-refractivity contribution is -0.167. The normalized spacial score (nSPS) is 13.2. The zero-order valence-electron chi connectivity index (χ0n) is 51.5. The summed E-state index contributed by atoms with van der Waals surface area (Å²) in [6.45, 7) is 6.36. The first-order chi connectivity index (χ1) is 39.5. The second-order valence-electron chi connectivity index (χ2n) is 20.9. The van der Waals surface area contributed by atoms with Crippen molar-refractivity contribution in [1.82, 2.24) is 0 Å². The Kier molecular flexibility index (Phi) is 62.4. The molecule has 0 aromatic heterocycles. The van der Waals surface area contributed by atoms with Gasteiger partial charge in [0.25, 0.3) is 0 Å². The zero-order valence-corrected chi connectivity index (χ0v) is 51.5. The van der Waals surface area contributed by atoms with Crippen molar-refractivity contribution in [3.05, 3.63) is 158 Å². The average Bonchev–Trinajstić information content (AvgIpc) is 3.46. The summed E-state index contributed by atoms with van der Waals surface area (Å²) in [5.74, 6) is -0.979. The maximum atomic E-state index is 12.9. The van der Waals surface area contributed by atoms with Crippen LogP contribution < -0.4 is 0 Å². The summed E-state index contributed by atoms with van der Waals surface area (Å²) in [6, 6.07) is 0. The third kappa shape index (κ3) is 63.9. The topological polar surface area (TPSA) is 78.9 Å². The molecular formula is C74H118O6. The number of hydrogen-bond acceptors (Lipinski definition) is 6. The number of carbonyl (C=O) groups is 3. The molecule has 0 aliphatic rings. The summed E-state index contributed by atoms with van der Waals surface area (Å²) in [7, 11) is 0. The van der Waals surface area contributed by atoms with Crippen molar-refractivity contribution in [1.29, 1.82) is 0 Å². The zero-order chi connectivity index (χ0) is 57.8. The van der Waals surface area contributed by atoms with E-state index >= 15 is 0 Å². The molecule has 0 aromatic carbocycles. The van der Waals surface area contributed by atoms with Crippen LogP contribution in [0, 0.1) is 0 Å². The fourth-order valence-corrected chi connectivity index (χ4v) is 8.44. The van der Waals surface area contributed by atoms with E-state index in [0.717, 1.165) is 154 Å². The van der Waals surface area contributed by atoms with Crippen LogP contribution in [0.2, 0.25) is 0 Å².